The Kier molecular flexibility index (Phi) is 28.8. The van der Waals surface area contributed by atoms with Gasteiger partial charge in [-0.15, -0.1) is 0 Å². The van der Waals surface area contributed by atoms with Gasteiger partial charge in [-0.1, -0.05) is 96.8 Å². The predicted molar refractivity (Wildman–Crippen MR) is 446 cm³/mol. The fourth-order valence-electron chi connectivity index (χ4n) is 12.1. The van der Waals surface area contributed by atoms with E-state index < -0.39 is 31.3 Å². The third kappa shape index (κ3) is 23.2. The maximum Gasteiger partial charge on any atom is 0.488 e. The molecule has 4 aliphatic rings. The number of hydrogen-bond donors (Lipinski definition) is 2. The van der Waals surface area contributed by atoms with Gasteiger partial charge in [0.05, 0.1) is 69.4 Å². The van der Waals surface area contributed by atoms with Crippen LogP contribution < -0.4 is 25.1 Å². The molecule has 14 rings (SSSR count). The second-order valence-corrected chi connectivity index (χ2v) is 49.7. The van der Waals surface area contributed by atoms with Gasteiger partial charge in [0.15, 0.2) is 0 Å². The largest absolute Gasteiger partial charge is 0.488 e. The summed E-state index contributed by atoms with van der Waals surface area (Å²) < 4.78 is 48.8. The van der Waals surface area contributed by atoms with Gasteiger partial charge in [0.2, 0.25) is 0 Å². The lowest BCUT2D eigenvalue weighted by Gasteiger charge is -2.28. The zero-order valence-electron chi connectivity index (χ0n) is 62.0. The molecule has 0 unspecified atom stereocenters. The molecule has 23 nitrogen and oxygen atoms in total. The van der Waals surface area contributed by atoms with Crippen LogP contribution in [-0.4, -0.2) is 216 Å². The van der Waals surface area contributed by atoms with E-state index in [1.807, 2.05) is 44.8 Å². The second kappa shape index (κ2) is 37.8. The Hall–Kier alpha value is -6.08. The number of pyridine rings is 4. The number of benzene rings is 3. The molecule has 0 radical (unpaired) electrons. The molecule has 105 heavy (non-hydrogen) atoms. The molecule has 2 N–H and O–H groups in total. The highest BCUT2D eigenvalue weighted by atomic mass is 127. The Balaban J connectivity index is 0.000000150. The number of halogens is 3. The SMILES string of the molecule is C[Si](C)(C)CCOCn1nc(-c2ccnc(N3CCOCC3)c2)c2cc(-c3ccnc(N4CCOCC4)c3)ccc21.C[Si](C)(C)CCOCn1nc(-c2ccnc(N3CCOCC3)c2)c2cc(Br)ccc21.C[Si](C)(C)CCOCn1nc(I)c2cc(Br)ccc21.OB(O)c1ccnc(N2CCOCC2)c1. The van der Waals surface area contributed by atoms with E-state index in [0.717, 1.165) is 221 Å². The highest BCUT2D eigenvalue weighted by Gasteiger charge is 2.24. The van der Waals surface area contributed by atoms with Crippen LogP contribution in [0, 0.1) is 3.70 Å². The summed E-state index contributed by atoms with van der Waals surface area (Å²) in [7, 11) is -4.73. The maximum atomic E-state index is 9.03. The predicted octanol–water partition coefficient (Wildman–Crippen LogP) is 13.5. The molecule has 3 aromatic carbocycles. The fourth-order valence-corrected chi connectivity index (χ4v) is 15.8. The lowest BCUT2D eigenvalue weighted by atomic mass is 9.81. The maximum absolute atomic E-state index is 9.03. The molecule has 4 fully saturated rings. The summed E-state index contributed by atoms with van der Waals surface area (Å²) in [5.41, 5.74) is 10.0. The van der Waals surface area contributed by atoms with Gasteiger partial charge in [-0.3, -0.25) is 0 Å². The Bertz CT molecular complexity index is 4440. The standard InChI is InChI=1S/C31H40N6O3Si.C22H29BrN4O2Si.C13H18BrIN2OSi.C9H13BN2O3/c1-41(2,3)19-18-40-23-37-28-5-4-24(25-6-8-32-29(21-25)35-10-14-38-15-11-35)20-27(28)31(34-37)26-7-9-33-30(22-26)36-12-16-39-17-13-36;1-30(2,3)13-12-29-16-27-20-5-4-18(23)15-19(20)22(25-27)17-6-7-24-21(14-17)26-8-10-28-11-9-26;1-19(2,3)7-6-18-9-17-12-5-4-10(14)8-11(12)13(15)16-17;13-10(14)8-1-2-11-9(7-8)12-3-5-15-6-4-12/h4-9,20-22H,10-19,23H2,1-3H3;4-7,14-15H,8-13,16H2,1-3H3;4-5,8H,6-7,9H2,1-3H3;1-2,7,13-14H,3-6H2. The third-order valence-electron chi connectivity index (χ3n) is 18.3. The second-order valence-electron chi connectivity index (χ2n) is 30.0. The third-order valence-corrected chi connectivity index (χ3v) is 25.2. The summed E-state index contributed by atoms with van der Waals surface area (Å²) in [5.74, 6) is 3.69. The highest BCUT2D eigenvalue weighted by Crippen LogP contribution is 2.36. The van der Waals surface area contributed by atoms with Crippen molar-refractivity contribution >= 4 is 147 Å². The molecule has 11 heterocycles. The first kappa shape index (κ1) is 79.9. The van der Waals surface area contributed by atoms with Crippen LogP contribution in [0.15, 0.2) is 137 Å². The van der Waals surface area contributed by atoms with Gasteiger partial charge in [0, 0.05) is 157 Å². The summed E-state index contributed by atoms with van der Waals surface area (Å²) in [5, 5.41) is 36.0. The molecule has 30 heteroatoms. The number of nitrogens with zero attached hydrogens (tertiary/aromatic N) is 14. The first-order valence-corrected chi connectivity index (χ1v) is 50.0. The van der Waals surface area contributed by atoms with E-state index in [0.29, 0.717) is 38.9 Å². The summed E-state index contributed by atoms with van der Waals surface area (Å²) >= 11 is 9.38. The Labute approximate surface area is 650 Å². The van der Waals surface area contributed by atoms with Crippen LogP contribution in [-0.2, 0) is 53.4 Å². The van der Waals surface area contributed by atoms with Crippen LogP contribution in [0.25, 0.3) is 66.4 Å². The van der Waals surface area contributed by atoms with Crippen LogP contribution in [0.4, 0.5) is 23.3 Å². The number of fused-ring (bicyclic) bond motifs is 3. The van der Waals surface area contributed by atoms with Crippen molar-refractivity contribution < 1.29 is 43.2 Å². The highest BCUT2D eigenvalue weighted by molar-refractivity contribution is 14.1. The summed E-state index contributed by atoms with van der Waals surface area (Å²) in [6.07, 6.45) is 7.24. The minimum atomic E-state index is -1.44. The quantitative estimate of drug-likeness (QED) is 0.0345. The van der Waals surface area contributed by atoms with E-state index in [4.69, 9.17) is 53.4 Å². The van der Waals surface area contributed by atoms with Crippen molar-refractivity contribution in [3.63, 3.8) is 0 Å². The molecule has 7 aromatic heterocycles. The Morgan fingerprint density at radius 3 is 1.12 bits per heavy atom. The zero-order valence-corrected chi connectivity index (χ0v) is 70.4. The normalized spacial score (nSPS) is 15.3. The average Bonchev–Trinajstić information content (AvgIpc) is 1.63. The lowest BCUT2D eigenvalue weighted by molar-refractivity contribution is 0.0814. The van der Waals surface area contributed by atoms with Crippen molar-refractivity contribution in [1.82, 2.24) is 49.3 Å². The van der Waals surface area contributed by atoms with Gasteiger partial charge in [0.25, 0.3) is 0 Å². The van der Waals surface area contributed by atoms with E-state index in [-0.39, 0.29) is 0 Å². The zero-order chi connectivity index (χ0) is 74.1. The molecular weight excluding hydrogens is 1620 g/mol. The van der Waals surface area contributed by atoms with E-state index in [9.17, 15) is 0 Å². The first-order chi connectivity index (χ1) is 50.5. The van der Waals surface area contributed by atoms with Gasteiger partial charge >= 0.3 is 7.12 Å². The number of ether oxygens (including phenoxy) is 7. The minimum absolute atomic E-state index is 0.429. The number of aromatic nitrogens is 10. The summed E-state index contributed by atoms with van der Waals surface area (Å²) in [6, 6.07) is 38.5. The van der Waals surface area contributed by atoms with Crippen molar-refractivity contribution in [2.45, 2.75) is 97.2 Å². The number of anilines is 4. The van der Waals surface area contributed by atoms with Crippen LogP contribution in [0.5, 0.6) is 0 Å². The topological polar surface area (TPSA) is 223 Å². The van der Waals surface area contributed by atoms with Crippen molar-refractivity contribution in [1.29, 1.82) is 0 Å². The van der Waals surface area contributed by atoms with Crippen molar-refractivity contribution in [3.8, 4) is 33.6 Å². The van der Waals surface area contributed by atoms with Crippen molar-refractivity contribution in [2.24, 2.45) is 0 Å². The molecule has 560 valence electrons. The van der Waals surface area contributed by atoms with Gasteiger partial charge in [0.1, 0.15) is 58.6 Å². The molecule has 0 aliphatic carbocycles. The minimum Gasteiger partial charge on any atom is -0.423 e. The summed E-state index contributed by atoms with van der Waals surface area (Å²) in [6.45, 7) is 37.6. The van der Waals surface area contributed by atoms with Crippen LogP contribution in [0.2, 0.25) is 77.1 Å². The molecule has 0 amide bonds. The summed E-state index contributed by atoms with van der Waals surface area (Å²) in [4.78, 5) is 27.0. The molecule has 0 bridgehead atoms. The van der Waals surface area contributed by atoms with Gasteiger partial charge < -0.3 is 62.8 Å². The molecule has 0 saturated carbocycles. The number of morpholine rings is 4. The lowest BCUT2D eigenvalue weighted by Crippen LogP contribution is -2.38. The van der Waals surface area contributed by atoms with Crippen LogP contribution >= 0.6 is 54.5 Å². The van der Waals surface area contributed by atoms with Crippen LogP contribution in [0.3, 0.4) is 0 Å². The van der Waals surface area contributed by atoms with Gasteiger partial charge in [-0.05, 0) is 154 Å². The van der Waals surface area contributed by atoms with E-state index in [2.05, 4.69) is 237 Å². The van der Waals surface area contributed by atoms with Crippen molar-refractivity contribution in [2.75, 3.05) is 145 Å². The Morgan fingerprint density at radius 1 is 0.400 bits per heavy atom. The smallest absolute Gasteiger partial charge is 0.423 e. The monoisotopic (exact) mass is 1720 g/mol. The molecule has 4 aliphatic heterocycles. The number of hydrogen-bond acceptors (Lipinski definition) is 20. The molecule has 4 saturated heterocycles. The van der Waals surface area contributed by atoms with E-state index in [1.54, 1.807) is 18.3 Å². The molecule has 0 atom stereocenters. The first-order valence-electron chi connectivity index (χ1n) is 36.2. The van der Waals surface area contributed by atoms with E-state index in [1.165, 1.54) is 11.4 Å². The number of rotatable bonds is 23. The molecular formula is C75H100BBr2IN14O9Si3. The Morgan fingerprint density at radius 2 is 0.724 bits per heavy atom. The van der Waals surface area contributed by atoms with Crippen LogP contribution in [0.1, 0.15) is 0 Å². The average molecular weight is 1720 g/mol. The fraction of sp³-hybridized carbons (Fsp3) is 0.453. The van der Waals surface area contributed by atoms with Gasteiger partial charge in [-0.2, -0.15) is 15.3 Å². The molecule has 0 spiro atoms. The van der Waals surface area contributed by atoms with E-state index >= 15 is 0 Å². The van der Waals surface area contributed by atoms with Gasteiger partial charge in [-0.25, -0.2) is 34.0 Å². The van der Waals surface area contributed by atoms with Crippen molar-refractivity contribution in [3.05, 3.63) is 141 Å². The molecule has 10 aromatic rings.